The minimum Gasteiger partial charge on any atom is -0.325 e. The van der Waals surface area contributed by atoms with Gasteiger partial charge in [0.15, 0.2) is 0 Å². The monoisotopic (exact) mass is 569 g/mol. The number of aliphatic imine (C=N–C) groups is 2. The number of nitrogens with one attached hydrogen (secondary N) is 3. The van der Waals surface area contributed by atoms with Crippen LogP contribution in [0, 0.1) is 0 Å². The van der Waals surface area contributed by atoms with Crippen LogP contribution in [0.2, 0.25) is 0 Å². The van der Waals surface area contributed by atoms with E-state index >= 15 is 0 Å². The zero-order valence-electron chi connectivity index (χ0n) is 21.9. The second kappa shape index (κ2) is 13.1. The minimum atomic E-state index is -4.36. The van der Waals surface area contributed by atoms with Crippen molar-refractivity contribution in [3.63, 3.8) is 0 Å². The van der Waals surface area contributed by atoms with Crippen LogP contribution < -0.4 is 16.0 Å². The van der Waals surface area contributed by atoms with Crippen LogP contribution in [0.5, 0.6) is 0 Å². The quantitative estimate of drug-likeness (QED) is 0.210. The lowest BCUT2D eigenvalue weighted by atomic mass is 9.91. The summed E-state index contributed by atoms with van der Waals surface area (Å²) in [4.78, 5) is 32.2. The molecule has 0 bridgehead atoms. The Balaban J connectivity index is 1.32. The van der Waals surface area contributed by atoms with Gasteiger partial charge in [0.1, 0.15) is 0 Å². The summed E-state index contributed by atoms with van der Waals surface area (Å²) in [6, 6.07) is 13.3. The summed E-state index contributed by atoms with van der Waals surface area (Å²) in [5, 5.41) is 8.49. The van der Waals surface area contributed by atoms with Crippen molar-refractivity contribution in [1.29, 1.82) is 0 Å². The van der Waals surface area contributed by atoms with Gasteiger partial charge in [0.25, 0.3) is 11.1 Å². The molecule has 1 saturated heterocycles. The van der Waals surface area contributed by atoms with E-state index in [0.717, 1.165) is 66.3 Å². The summed E-state index contributed by atoms with van der Waals surface area (Å²) in [6.45, 7) is 6.00. The maximum absolute atomic E-state index is 13.0. The van der Waals surface area contributed by atoms with Gasteiger partial charge < -0.3 is 10.6 Å². The summed E-state index contributed by atoms with van der Waals surface area (Å²) in [5.74, 6) is -0.0874. The van der Waals surface area contributed by atoms with Crippen molar-refractivity contribution in [2.75, 3.05) is 0 Å². The number of nitrogens with zero attached hydrogens (tertiary/aromatic N) is 2. The lowest BCUT2D eigenvalue weighted by molar-refractivity contribution is -0.137. The average Bonchev–Trinajstić information content (AvgIpc) is 3.27. The van der Waals surface area contributed by atoms with Crippen molar-refractivity contribution in [2.24, 2.45) is 9.98 Å². The molecule has 0 spiro atoms. The Morgan fingerprint density at radius 2 is 1.80 bits per heavy atom. The summed E-state index contributed by atoms with van der Waals surface area (Å²) in [5.41, 5.74) is 2.60. The number of rotatable bonds is 7. The van der Waals surface area contributed by atoms with E-state index in [1.165, 1.54) is 12.1 Å². The van der Waals surface area contributed by atoms with E-state index in [9.17, 15) is 22.8 Å². The Kier molecular flexibility index (Phi) is 9.59. The van der Waals surface area contributed by atoms with E-state index in [0.29, 0.717) is 23.1 Å². The summed E-state index contributed by atoms with van der Waals surface area (Å²) < 4.78 is 38.9. The van der Waals surface area contributed by atoms with E-state index in [-0.39, 0.29) is 12.1 Å². The highest BCUT2D eigenvalue weighted by molar-refractivity contribution is 8.18. The molecule has 1 aliphatic carbocycles. The van der Waals surface area contributed by atoms with Gasteiger partial charge in [-0.3, -0.25) is 14.9 Å². The normalized spacial score (nSPS) is 21.4. The second-order valence-corrected chi connectivity index (χ2v) is 10.5. The molecule has 2 aromatic rings. The first-order chi connectivity index (χ1) is 19.2. The fraction of sp³-hybridized carbons (Fsp3) is 0.310. The van der Waals surface area contributed by atoms with Gasteiger partial charge in [-0.25, -0.2) is 9.98 Å². The van der Waals surface area contributed by atoms with Crippen molar-refractivity contribution in [3.8, 4) is 11.1 Å². The van der Waals surface area contributed by atoms with Gasteiger partial charge in [-0.2, -0.15) is 13.2 Å². The Bertz CT molecular complexity index is 1340. The number of thioether (sulfide) groups is 1. The third kappa shape index (κ3) is 7.70. The fourth-order valence-electron chi connectivity index (χ4n) is 4.63. The number of allylic oxidation sites excluding steroid dienone is 2. The first kappa shape index (κ1) is 29.3. The van der Waals surface area contributed by atoms with Crippen molar-refractivity contribution in [2.45, 2.75) is 57.4 Å². The van der Waals surface area contributed by atoms with Gasteiger partial charge in [0, 0.05) is 18.3 Å². The molecule has 0 radical (unpaired) electrons. The van der Waals surface area contributed by atoms with Gasteiger partial charge in [0.05, 0.1) is 16.5 Å². The van der Waals surface area contributed by atoms with Crippen LogP contribution in [0.25, 0.3) is 11.1 Å². The van der Waals surface area contributed by atoms with Crippen LogP contribution >= 0.6 is 11.8 Å². The van der Waals surface area contributed by atoms with Crippen molar-refractivity contribution < 1.29 is 22.8 Å². The molecule has 2 aliphatic rings. The van der Waals surface area contributed by atoms with Gasteiger partial charge in [-0.1, -0.05) is 42.5 Å². The maximum Gasteiger partial charge on any atom is 0.416 e. The van der Waals surface area contributed by atoms with Crippen LogP contribution in [0.4, 0.5) is 18.0 Å². The number of imide groups is 1. The zero-order valence-corrected chi connectivity index (χ0v) is 22.7. The SMILES string of the molecule is C=NC(=NC1CCC(NCc2ccccc2-c2ccc(C(F)(F)F)cc2)CC1)NC(=C\C)/C=C1\SC(=O)NC1=O. The number of carbonyl (C=O) groups is 2. The second-order valence-electron chi connectivity index (χ2n) is 9.45. The smallest absolute Gasteiger partial charge is 0.325 e. The molecule has 210 valence electrons. The Labute approximate surface area is 235 Å². The maximum atomic E-state index is 13.0. The molecule has 1 saturated carbocycles. The molecule has 2 aromatic carbocycles. The molecule has 7 nitrogen and oxygen atoms in total. The molecule has 1 aliphatic heterocycles. The number of carbonyl (C=O) groups excluding carboxylic acids is 2. The molecule has 1 heterocycles. The Morgan fingerprint density at radius 3 is 2.40 bits per heavy atom. The Morgan fingerprint density at radius 1 is 1.10 bits per heavy atom. The molecule has 0 unspecified atom stereocenters. The van der Waals surface area contributed by atoms with Crippen LogP contribution in [-0.2, 0) is 17.5 Å². The van der Waals surface area contributed by atoms with Gasteiger partial charge in [0.2, 0.25) is 5.96 Å². The lowest BCUT2D eigenvalue weighted by Crippen LogP contribution is -2.34. The van der Waals surface area contributed by atoms with Crippen molar-refractivity contribution in [1.82, 2.24) is 16.0 Å². The lowest BCUT2D eigenvalue weighted by Gasteiger charge is -2.28. The third-order valence-electron chi connectivity index (χ3n) is 6.77. The summed E-state index contributed by atoms with van der Waals surface area (Å²) >= 11 is 0.838. The Hall–Kier alpha value is -3.70. The molecule has 0 aromatic heterocycles. The first-order valence-corrected chi connectivity index (χ1v) is 13.7. The van der Waals surface area contributed by atoms with Crippen molar-refractivity contribution >= 4 is 35.6 Å². The van der Waals surface area contributed by atoms with Crippen LogP contribution in [-0.4, -0.2) is 35.9 Å². The highest BCUT2D eigenvalue weighted by atomic mass is 32.2. The molecule has 4 rings (SSSR count). The number of halogens is 3. The van der Waals surface area contributed by atoms with Gasteiger partial charge in [-0.05, 0) is 86.0 Å². The highest BCUT2D eigenvalue weighted by Crippen LogP contribution is 2.32. The molecule has 2 fully saturated rings. The number of amides is 2. The van der Waals surface area contributed by atoms with Crippen LogP contribution in [0.1, 0.15) is 43.7 Å². The third-order valence-corrected chi connectivity index (χ3v) is 7.58. The molecule has 2 amide bonds. The summed E-state index contributed by atoms with van der Waals surface area (Å²) in [7, 11) is 0. The molecular formula is C29H30F3N5O2S. The van der Waals surface area contributed by atoms with E-state index in [4.69, 9.17) is 4.99 Å². The number of guanidine groups is 1. The molecule has 0 atom stereocenters. The molecule has 11 heteroatoms. The number of hydrogen-bond acceptors (Lipinski definition) is 5. The summed E-state index contributed by atoms with van der Waals surface area (Å²) in [6.07, 6.45) is 2.47. The number of hydrogen-bond donors (Lipinski definition) is 3. The molecule has 40 heavy (non-hydrogen) atoms. The van der Waals surface area contributed by atoms with E-state index in [1.54, 1.807) is 19.1 Å². The number of benzene rings is 2. The minimum absolute atomic E-state index is 0.0574. The van der Waals surface area contributed by atoms with Gasteiger partial charge in [-0.15, -0.1) is 0 Å². The van der Waals surface area contributed by atoms with E-state index < -0.39 is 22.9 Å². The van der Waals surface area contributed by atoms with E-state index in [1.807, 2.05) is 24.3 Å². The molecular weight excluding hydrogens is 539 g/mol. The van der Waals surface area contributed by atoms with Gasteiger partial charge >= 0.3 is 6.18 Å². The molecule has 3 N–H and O–H groups in total. The largest absolute Gasteiger partial charge is 0.416 e. The topological polar surface area (TPSA) is 94.9 Å². The van der Waals surface area contributed by atoms with Crippen molar-refractivity contribution in [3.05, 3.63) is 82.4 Å². The fourth-order valence-corrected chi connectivity index (χ4v) is 5.30. The zero-order chi connectivity index (χ0) is 28.7. The highest BCUT2D eigenvalue weighted by Gasteiger charge is 2.30. The number of alkyl halides is 3. The van der Waals surface area contributed by atoms with Crippen LogP contribution in [0.15, 0.2) is 81.3 Å². The average molecular weight is 570 g/mol. The first-order valence-electron chi connectivity index (χ1n) is 12.9. The van der Waals surface area contributed by atoms with Crippen LogP contribution in [0.3, 0.4) is 0 Å². The predicted octanol–water partition coefficient (Wildman–Crippen LogP) is 6.19. The van der Waals surface area contributed by atoms with E-state index in [2.05, 4.69) is 27.7 Å². The predicted molar refractivity (Wildman–Crippen MR) is 153 cm³/mol. The standard InChI is InChI=1S/C29H30F3N5O2S/c1-3-21(16-25-26(38)37-28(39)40-25)35-27(33-2)36-23-14-12-22(13-15-23)34-17-19-6-4-5-7-24(19)18-8-10-20(11-9-18)29(30,31)32/h3-11,16,22-23,34H,2,12-15,17H2,1H3,(H,35,36)(H,37,38,39)/b21-3-,25-16-.